The summed E-state index contributed by atoms with van der Waals surface area (Å²) >= 11 is 0. The molecule has 0 bridgehead atoms. The highest BCUT2D eigenvalue weighted by Crippen LogP contribution is 2.17. The number of benzene rings is 1. The first-order valence-electron chi connectivity index (χ1n) is 3.84. The first kappa shape index (κ1) is 9.54. The maximum absolute atomic E-state index is 10.2. The Morgan fingerprint density at radius 3 is 2.77 bits per heavy atom. The third kappa shape index (κ3) is 2.45. The van der Waals surface area contributed by atoms with Gasteiger partial charge in [-0.3, -0.25) is 0 Å². The molecule has 0 fully saturated rings. The van der Waals surface area contributed by atoms with E-state index in [2.05, 4.69) is 0 Å². The van der Waals surface area contributed by atoms with Crippen LogP contribution in [0.4, 0.5) is 0 Å². The number of carboxylic acid groups (broad SMARTS) is 1. The Hall–Kier alpha value is -1.55. The van der Waals surface area contributed by atoms with Crippen LogP contribution in [-0.2, 0) is 17.8 Å². The number of aromatic hydroxyl groups is 1. The number of carbonyl (C=O) groups is 1. The minimum Gasteiger partial charge on any atom is -0.550 e. The van der Waals surface area contributed by atoms with Gasteiger partial charge in [-0.2, -0.15) is 0 Å². The summed E-state index contributed by atoms with van der Waals surface area (Å²) in [6.07, 6.45) is -0.159. The number of hydrogen-bond acceptors (Lipinski definition) is 4. The lowest BCUT2D eigenvalue weighted by molar-refractivity contribution is -0.304. The van der Waals surface area contributed by atoms with Gasteiger partial charge in [0.2, 0.25) is 0 Å². The van der Waals surface area contributed by atoms with E-state index in [4.69, 9.17) is 5.73 Å². The van der Waals surface area contributed by atoms with Crippen molar-refractivity contribution < 1.29 is 15.0 Å². The van der Waals surface area contributed by atoms with E-state index >= 15 is 0 Å². The zero-order valence-electron chi connectivity index (χ0n) is 6.99. The van der Waals surface area contributed by atoms with Crippen LogP contribution in [0.1, 0.15) is 11.1 Å². The van der Waals surface area contributed by atoms with Crippen molar-refractivity contribution in [1.82, 2.24) is 0 Å². The molecule has 1 aromatic carbocycles. The van der Waals surface area contributed by atoms with Crippen LogP contribution in [0, 0.1) is 0 Å². The third-order valence-corrected chi connectivity index (χ3v) is 1.71. The lowest BCUT2D eigenvalue weighted by atomic mass is 10.1. The normalized spacial score (nSPS) is 9.92. The fourth-order valence-corrected chi connectivity index (χ4v) is 1.08. The highest BCUT2D eigenvalue weighted by Gasteiger charge is 2.00. The number of phenols is 1. The molecule has 4 nitrogen and oxygen atoms in total. The van der Waals surface area contributed by atoms with Crippen molar-refractivity contribution in [2.45, 2.75) is 13.0 Å². The zero-order valence-corrected chi connectivity index (χ0v) is 6.99. The lowest BCUT2D eigenvalue weighted by Gasteiger charge is -2.06. The van der Waals surface area contributed by atoms with E-state index in [-0.39, 0.29) is 18.7 Å². The molecule has 4 heteroatoms. The highest BCUT2D eigenvalue weighted by molar-refractivity contribution is 5.68. The van der Waals surface area contributed by atoms with Gasteiger partial charge in [0.05, 0.1) is 0 Å². The van der Waals surface area contributed by atoms with Gasteiger partial charge in [-0.05, 0) is 11.6 Å². The molecule has 1 rings (SSSR count). The van der Waals surface area contributed by atoms with Crippen LogP contribution in [0.2, 0.25) is 0 Å². The molecule has 13 heavy (non-hydrogen) atoms. The minimum absolute atomic E-state index is 0.0876. The van der Waals surface area contributed by atoms with E-state index in [9.17, 15) is 15.0 Å². The molecule has 70 valence electrons. The molecule has 0 saturated carbocycles. The summed E-state index contributed by atoms with van der Waals surface area (Å²) in [6, 6.07) is 4.52. The number of rotatable bonds is 3. The molecule has 0 aromatic heterocycles. The molecule has 0 spiro atoms. The first-order valence-corrected chi connectivity index (χ1v) is 3.84. The summed E-state index contributed by atoms with van der Waals surface area (Å²) in [7, 11) is 0. The maximum Gasteiger partial charge on any atom is 0.120 e. The van der Waals surface area contributed by atoms with Gasteiger partial charge in [0.25, 0.3) is 0 Å². The number of aliphatic carboxylic acids is 1. The average molecular weight is 180 g/mol. The van der Waals surface area contributed by atoms with Crippen molar-refractivity contribution >= 4 is 5.97 Å². The topological polar surface area (TPSA) is 86.4 Å². The van der Waals surface area contributed by atoms with Gasteiger partial charge in [-0.15, -0.1) is 0 Å². The van der Waals surface area contributed by atoms with Crippen molar-refractivity contribution in [3.05, 3.63) is 29.3 Å². The molecule has 0 heterocycles. The molecule has 0 aliphatic carbocycles. The molecular weight excluding hydrogens is 170 g/mol. The van der Waals surface area contributed by atoms with E-state index in [0.717, 1.165) is 0 Å². The van der Waals surface area contributed by atoms with Crippen molar-refractivity contribution in [2.24, 2.45) is 5.73 Å². The molecule has 1 aromatic rings. The number of carboxylic acids is 1. The van der Waals surface area contributed by atoms with Crippen LogP contribution in [0.25, 0.3) is 0 Å². The second-order valence-corrected chi connectivity index (χ2v) is 2.72. The van der Waals surface area contributed by atoms with Crippen molar-refractivity contribution in [3.8, 4) is 5.75 Å². The van der Waals surface area contributed by atoms with Crippen molar-refractivity contribution in [1.29, 1.82) is 0 Å². The molecule has 0 aliphatic rings. The Morgan fingerprint density at radius 2 is 2.23 bits per heavy atom. The SMILES string of the molecule is NCc1cc(CC(=O)[O-])ccc1O. The van der Waals surface area contributed by atoms with Gasteiger partial charge in [-0.25, -0.2) is 0 Å². The number of hydrogen-bond donors (Lipinski definition) is 2. The van der Waals surface area contributed by atoms with Gasteiger partial charge < -0.3 is 20.7 Å². The summed E-state index contributed by atoms with van der Waals surface area (Å²) in [5, 5.41) is 19.5. The smallest absolute Gasteiger partial charge is 0.120 e. The molecule has 0 saturated heterocycles. The van der Waals surface area contributed by atoms with Crippen molar-refractivity contribution in [3.63, 3.8) is 0 Å². The quantitative estimate of drug-likeness (QED) is 0.634. The zero-order chi connectivity index (χ0) is 9.84. The highest BCUT2D eigenvalue weighted by atomic mass is 16.4. The van der Waals surface area contributed by atoms with Gasteiger partial charge in [0.15, 0.2) is 0 Å². The Morgan fingerprint density at radius 1 is 1.54 bits per heavy atom. The van der Waals surface area contributed by atoms with E-state index in [1.54, 1.807) is 6.07 Å². The Balaban J connectivity index is 2.92. The second-order valence-electron chi connectivity index (χ2n) is 2.72. The molecule has 0 atom stereocenters. The molecule has 3 N–H and O–H groups in total. The molecule has 0 radical (unpaired) electrons. The Labute approximate surface area is 75.6 Å². The fourth-order valence-electron chi connectivity index (χ4n) is 1.08. The van der Waals surface area contributed by atoms with Gasteiger partial charge >= 0.3 is 0 Å². The van der Waals surface area contributed by atoms with Crippen LogP contribution in [-0.4, -0.2) is 11.1 Å². The molecular formula is C9H10NO3-. The average Bonchev–Trinajstić information content (AvgIpc) is 2.07. The van der Waals surface area contributed by atoms with Crippen LogP contribution in [0.5, 0.6) is 5.75 Å². The molecule has 0 aliphatic heterocycles. The molecule has 0 amide bonds. The lowest BCUT2D eigenvalue weighted by Crippen LogP contribution is -2.24. The monoisotopic (exact) mass is 180 g/mol. The van der Waals surface area contributed by atoms with Crippen LogP contribution < -0.4 is 10.8 Å². The number of phenolic OH excluding ortho intramolecular Hbond substituents is 1. The minimum atomic E-state index is -1.14. The largest absolute Gasteiger partial charge is 0.550 e. The van der Waals surface area contributed by atoms with Gasteiger partial charge in [0, 0.05) is 24.5 Å². The van der Waals surface area contributed by atoms with E-state index in [1.807, 2.05) is 0 Å². The van der Waals surface area contributed by atoms with Gasteiger partial charge in [0.1, 0.15) is 5.75 Å². The van der Waals surface area contributed by atoms with Crippen LogP contribution >= 0.6 is 0 Å². The summed E-state index contributed by atoms with van der Waals surface area (Å²) in [5.41, 5.74) is 6.45. The summed E-state index contributed by atoms with van der Waals surface area (Å²) in [5.74, 6) is -1.06. The first-order chi connectivity index (χ1) is 6.13. The van der Waals surface area contributed by atoms with E-state index in [1.165, 1.54) is 12.1 Å². The van der Waals surface area contributed by atoms with Crippen LogP contribution in [0.3, 0.4) is 0 Å². The predicted molar refractivity (Wildman–Crippen MR) is 44.7 cm³/mol. The van der Waals surface area contributed by atoms with E-state index < -0.39 is 5.97 Å². The molecule has 0 unspecified atom stereocenters. The summed E-state index contributed by atoms with van der Waals surface area (Å²) < 4.78 is 0. The Bertz CT molecular complexity index is 323. The summed E-state index contributed by atoms with van der Waals surface area (Å²) in [4.78, 5) is 10.2. The van der Waals surface area contributed by atoms with Crippen molar-refractivity contribution in [2.75, 3.05) is 0 Å². The Kier molecular flexibility index (Phi) is 2.87. The summed E-state index contributed by atoms with van der Waals surface area (Å²) in [6.45, 7) is 0.187. The van der Waals surface area contributed by atoms with E-state index in [0.29, 0.717) is 11.1 Å². The van der Waals surface area contributed by atoms with Crippen LogP contribution in [0.15, 0.2) is 18.2 Å². The number of carbonyl (C=O) groups excluding carboxylic acids is 1. The maximum atomic E-state index is 10.2. The predicted octanol–water partition coefficient (Wildman–Crippen LogP) is -0.857. The standard InChI is InChI=1S/C9H11NO3/c10-5-7-3-6(4-9(12)13)1-2-8(7)11/h1-3,11H,4-5,10H2,(H,12,13)/p-1. The third-order valence-electron chi connectivity index (χ3n) is 1.71. The fraction of sp³-hybridized carbons (Fsp3) is 0.222. The second kappa shape index (κ2) is 3.91. The van der Waals surface area contributed by atoms with Gasteiger partial charge in [-0.1, -0.05) is 12.1 Å². The number of nitrogens with two attached hydrogens (primary N) is 1.